The quantitative estimate of drug-likeness (QED) is 0.885. The number of rotatable bonds is 5. The highest BCUT2D eigenvalue weighted by Gasteiger charge is 2.21. The zero-order chi connectivity index (χ0) is 13.0. The highest BCUT2D eigenvalue weighted by Crippen LogP contribution is 2.38. The predicted molar refractivity (Wildman–Crippen MR) is 77.9 cm³/mol. The molecule has 4 heteroatoms. The van der Waals surface area contributed by atoms with Gasteiger partial charge in [0.05, 0.1) is 5.25 Å². The number of aryl methyl sites for hydroxylation is 1. The summed E-state index contributed by atoms with van der Waals surface area (Å²) in [4.78, 5) is 9.29. The number of hydrogen-bond acceptors (Lipinski definition) is 4. The van der Waals surface area contributed by atoms with E-state index >= 15 is 0 Å². The lowest BCUT2D eigenvalue weighted by Crippen LogP contribution is -2.21. The Morgan fingerprint density at radius 3 is 3.00 bits per heavy atom. The monoisotopic (exact) mass is 265 g/mol. The first kappa shape index (κ1) is 13.8. The number of hydrogen-bond donors (Lipinski definition) is 1. The second-order valence-electron chi connectivity index (χ2n) is 4.95. The zero-order valence-corrected chi connectivity index (χ0v) is 12.4. The van der Waals surface area contributed by atoms with Gasteiger partial charge in [-0.3, -0.25) is 0 Å². The summed E-state index contributed by atoms with van der Waals surface area (Å²) in [6.07, 6.45) is 5.70. The highest BCUT2D eigenvalue weighted by atomic mass is 32.2. The Morgan fingerprint density at radius 2 is 2.39 bits per heavy atom. The van der Waals surface area contributed by atoms with Crippen LogP contribution in [0.1, 0.15) is 61.5 Å². The zero-order valence-electron chi connectivity index (χ0n) is 11.6. The summed E-state index contributed by atoms with van der Waals surface area (Å²) in [6, 6.07) is 0.343. The fourth-order valence-electron chi connectivity index (χ4n) is 2.33. The van der Waals surface area contributed by atoms with E-state index < -0.39 is 0 Å². The smallest absolute Gasteiger partial charge is 0.141 e. The third kappa shape index (κ3) is 3.23. The molecule has 0 amide bonds. The molecule has 0 bridgehead atoms. The first-order valence-electron chi connectivity index (χ1n) is 6.90. The molecule has 100 valence electrons. The van der Waals surface area contributed by atoms with Crippen molar-refractivity contribution in [1.29, 1.82) is 0 Å². The van der Waals surface area contributed by atoms with Crippen molar-refractivity contribution < 1.29 is 0 Å². The minimum absolute atomic E-state index is 0.343. The minimum Gasteiger partial charge on any atom is -0.310 e. The van der Waals surface area contributed by atoms with Crippen LogP contribution in [0.4, 0.5) is 0 Å². The average molecular weight is 265 g/mol. The van der Waals surface area contributed by atoms with Gasteiger partial charge >= 0.3 is 0 Å². The summed E-state index contributed by atoms with van der Waals surface area (Å²) in [6.45, 7) is 7.51. The molecular formula is C14H23N3S. The molecule has 18 heavy (non-hydrogen) atoms. The molecule has 0 radical (unpaired) electrons. The van der Waals surface area contributed by atoms with Gasteiger partial charge in [0.1, 0.15) is 5.82 Å². The van der Waals surface area contributed by atoms with Crippen LogP contribution in [0.2, 0.25) is 0 Å². The molecule has 1 aliphatic heterocycles. The van der Waals surface area contributed by atoms with Gasteiger partial charge in [0.15, 0.2) is 0 Å². The summed E-state index contributed by atoms with van der Waals surface area (Å²) < 4.78 is 0. The van der Waals surface area contributed by atoms with Gasteiger partial charge in [-0.05, 0) is 45.4 Å². The number of nitrogens with one attached hydrogen (secondary N) is 1. The number of thioether (sulfide) groups is 1. The summed E-state index contributed by atoms with van der Waals surface area (Å²) in [7, 11) is 0. The summed E-state index contributed by atoms with van der Waals surface area (Å²) in [5.41, 5.74) is 2.36. The van der Waals surface area contributed by atoms with Crippen LogP contribution in [0.25, 0.3) is 0 Å². The Morgan fingerprint density at radius 1 is 1.56 bits per heavy atom. The molecule has 3 nitrogen and oxygen atoms in total. The van der Waals surface area contributed by atoms with E-state index in [4.69, 9.17) is 4.98 Å². The molecule has 2 unspecified atom stereocenters. The van der Waals surface area contributed by atoms with Crippen molar-refractivity contribution >= 4 is 11.8 Å². The first-order valence-corrected chi connectivity index (χ1v) is 7.95. The van der Waals surface area contributed by atoms with Gasteiger partial charge < -0.3 is 5.32 Å². The van der Waals surface area contributed by atoms with Crippen LogP contribution < -0.4 is 5.32 Å². The molecule has 1 aromatic heterocycles. The highest BCUT2D eigenvalue weighted by molar-refractivity contribution is 7.99. The Labute approximate surface area is 114 Å². The summed E-state index contributed by atoms with van der Waals surface area (Å²) >= 11 is 1.99. The molecule has 2 rings (SSSR count). The molecule has 1 fully saturated rings. The maximum absolute atomic E-state index is 4.71. The third-order valence-corrected chi connectivity index (χ3v) is 4.79. The summed E-state index contributed by atoms with van der Waals surface area (Å²) in [5.74, 6) is 2.28. The maximum Gasteiger partial charge on any atom is 0.141 e. The Kier molecular flexibility index (Phi) is 5.01. The van der Waals surface area contributed by atoms with Crippen LogP contribution in [0.5, 0.6) is 0 Å². The number of nitrogens with zero attached hydrogens (tertiary/aromatic N) is 2. The lowest BCUT2D eigenvalue weighted by atomic mass is 10.1. The van der Waals surface area contributed by atoms with Gasteiger partial charge in [-0.2, -0.15) is 11.8 Å². The fourth-order valence-corrected chi connectivity index (χ4v) is 3.54. The molecular weight excluding hydrogens is 242 g/mol. The molecule has 0 saturated carbocycles. The fraction of sp³-hybridized carbons (Fsp3) is 0.714. The Bertz CT molecular complexity index is 389. The normalized spacial score (nSPS) is 21.2. The van der Waals surface area contributed by atoms with Crippen molar-refractivity contribution in [2.75, 3.05) is 12.3 Å². The van der Waals surface area contributed by atoms with Gasteiger partial charge in [-0.15, -0.1) is 0 Å². The van der Waals surface area contributed by atoms with E-state index in [0.717, 1.165) is 24.5 Å². The second-order valence-corrected chi connectivity index (χ2v) is 6.26. The maximum atomic E-state index is 4.71. The molecule has 2 atom stereocenters. The van der Waals surface area contributed by atoms with Crippen molar-refractivity contribution in [3.05, 3.63) is 23.3 Å². The van der Waals surface area contributed by atoms with Crippen molar-refractivity contribution in [2.24, 2.45) is 0 Å². The number of aromatic nitrogens is 2. The third-order valence-electron chi connectivity index (χ3n) is 3.42. The van der Waals surface area contributed by atoms with Crippen LogP contribution in [-0.2, 0) is 0 Å². The van der Waals surface area contributed by atoms with Crippen LogP contribution in [-0.4, -0.2) is 22.3 Å². The van der Waals surface area contributed by atoms with E-state index in [-0.39, 0.29) is 0 Å². The van der Waals surface area contributed by atoms with Crippen molar-refractivity contribution in [2.45, 2.75) is 51.3 Å². The lowest BCUT2D eigenvalue weighted by Gasteiger charge is -2.16. The second kappa shape index (κ2) is 6.53. The Balaban J connectivity index is 2.09. The minimum atomic E-state index is 0.343. The molecule has 0 aliphatic carbocycles. The van der Waals surface area contributed by atoms with E-state index in [0.29, 0.717) is 11.3 Å². The molecule has 1 N–H and O–H groups in total. The Hall–Kier alpha value is -0.610. The molecule has 1 aromatic rings. The lowest BCUT2D eigenvalue weighted by molar-refractivity contribution is 0.562. The van der Waals surface area contributed by atoms with Crippen LogP contribution >= 0.6 is 11.8 Å². The van der Waals surface area contributed by atoms with Gasteiger partial charge in [-0.25, -0.2) is 9.97 Å². The molecule has 1 aliphatic rings. The standard InChI is InChI=1S/C14H23N3S/c1-4-7-15-10(2)12-9-16-14(17-11(12)3)13-6-5-8-18-13/h9-10,13,15H,4-8H2,1-3H3. The van der Waals surface area contributed by atoms with Gasteiger partial charge in [0, 0.05) is 23.5 Å². The summed E-state index contributed by atoms with van der Waals surface area (Å²) in [5, 5.41) is 4.02. The first-order chi connectivity index (χ1) is 8.72. The van der Waals surface area contributed by atoms with E-state index in [9.17, 15) is 0 Å². The molecule has 1 saturated heterocycles. The SMILES string of the molecule is CCCNC(C)c1cnc(C2CCCS2)nc1C. The van der Waals surface area contributed by atoms with Crippen LogP contribution in [0.15, 0.2) is 6.20 Å². The van der Waals surface area contributed by atoms with Crippen molar-refractivity contribution in [1.82, 2.24) is 15.3 Å². The molecule has 0 aromatic carbocycles. The van der Waals surface area contributed by atoms with Gasteiger partial charge in [-0.1, -0.05) is 6.92 Å². The van der Waals surface area contributed by atoms with E-state index in [1.165, 1.54) is 24.2 Å². The van der Waals surface area contributed by atoms with Crippen LogP contribution in [0.3, 0.4) is 0 Å². The van der Waals surface area contributed by atoms with Crippen molar-refractivity contribution in [3.8, 4) is 0 Å². The average Bonchev–Trinajstić information content (AvgIpc) is 2.89. The van der Waals surface area contributed by atoms with Gasteiger partial charge in [0.25, 0.3) is 0 Å². The van der Waals surface area contributed by atoms with E-state index in [2.05, 4.69) is 31.1 Å². The molecule has 0 spiro atoms. The van der Waals surface area contributed by atoms with E-state index in [1.807, 2.05) is 18.0 Å². The van der Waals surface area contributed by atoms with E-state index in [1.54, 1.807) is 0 Å². The predicted octanol–water partition coefficient (Wildman–Crippen LogP) is 3.41. The topological polar surface area (TPSA) is 37.8 Å². The molecule has 2 heterocycles. The largest absolute Gasteiger partial charge is 0.310 e. The van der Waals surface area contributed by atoms with Gasteiger partial charge in [0.2, 0.25) is 0 Å². The van der Waals surface area contributed by atoms with Crippen molar-refractivity contribution in [3.63, 3.8) is 0 Å². The van der Waals surface area contributed by atoms with Crippen LogP contribution in [0, 0.1) is 6.92 Å².